The first-order valence-corrected chi connectivity index (χ1v) is 5.85. The van der Waals surface area contributed by atoms with Crippen LogP contribution in [0.3, 0.4) is 0 Å². The summed E-state index contributed by atoms with van der Waals surface area (Å²) < 4.78 is 0. The van der Waals surface area contributed by atoms with Crippen LogP contribution in [0.15, 0.2) is 12.1 Å². The number of likely N-dealkylation sites (N-methyl/N-ethyl adjacent to an activating group) is 1. The third-order valence-corrected chi connectivity index (χ3v) is 3.11. The smallest absolute Gasteiger partial charge is 0.271 e. The Balaban J connectivity index is 2.06. The normalized spacial score (nSPS) is 20.5. The average Bonchev–Trinajstić information content (AvgIpc) is 2.67. The number of carbonyl (C=O) groups excluding carboxylic acids is 1. The molecule has 3 N–H and O–H groups in total. The number of likely N-dealkylation sites (tertiary alicyclic amines) is 1. The van der Waals surface area contributed by atoms with E-state index < -0.39 is 0 Å². The highest BCUT2D eigenvalue weighted by atomic mass is 35.5. The van der Waals surface area contributed by atoms with Crippen molar-refractivity contribution in [2.24, 2.45) is 0 Å². The fraction of sp³-hybridized carbons (Fsp3) is 0.455. The van der Waals surface area contributed by atoms with E-state index in [0.717, 1.165) is 19.5 Å². The predicted molar refractivity (Wildman–Crippen MR) is 67.0 cm³/mol. The molecule has 0 bridgehead atoms. The lowest BCUT2D eigenvalue weighted by molar-refractivity contribution is 0.0933. The third kappa shape index (κ3) is 2.87. The van der Waals surface area contributed by atoms with Crippen LogP contribution in [0.1, 0.15) is 16.9 Å². The van der Waals surface area contributed by atoms with Gasteiger partial charge in [-0.05, 0) is 32.1 Å². The Morgan fingerprint density at radius 1 is 1.65 bits per heavy atom. The molecule has 2 heterocycles. The topological polar surface area (TPSA) is 71.2 Å². The lowest BCUT2D eigenvalue weighted by atomic mass is 10.2. The summed E-state index contributed by atoms with van der Waals surface area (Å²) in [6.45, 7) is 1.84. The van der Waals surface area contributed by atoms with E-state index in [1.54, 1.807) is 12.1 Å². The van der Waals surface area contributed by atoms with Crippen molar-refractivity contribution in [3.8, 4) is 0 Å². The van der Waals surface area contributed by atoms with Gasteiger partial charge in [-0.3, -0.25) is 4.79 Å². The van der Waals surface area contributed by atoms with Crippen molar-refractivity contribution in [2.75, 3.05) is 25.9 Å². The van der Waals surface area contributed by atoms with Gasteiger partial charge >= 0.3 is 0 Å². The number of amides is 1. The molecule has 92 valence electrons. The van der Waals surface area contributed by atoms with Gasteiger partial charge in [0.05, 0.1) is 5.02 Å². The van der Waals surface area contributed by atoms with Crippen molar-refractivity contribution in [1.29, 1.82) is 0 Å². The molecular weight excluding hydrogens is 240 g/mol. The molecule has 0 saturated carbocycles. The average molecular weight is 255 g/mol. The minimum Gasteiger partial charge on any atom is -0.384 e. The fourth-order valence-electron chi connectivity index (χ4n) is 1.92. The second kappa shape index (κ2) is 4.89. The minimum absolute atomic E-state index is 0.159. The first-order valence-electron chi connectivity index (χ1n) is 5.47. The van der Waals surface area contributed by atoms with Crippen LogP contribution in [0.2, 0.25) is 5.02 Å². The van der Waals surface area contributed by atoms with Gasteiger partial charge in [0.25, 0.3) is 5.91 Å². The number of anilines is 1. The number of nitrogen functional groups attached to an aromatic ring is 1. The Hall–Kier alpha value is -1.33. The second-order valence-corrected chi connectivity index (χ2v) is 4.70. The van der Waals surface area contributed by atoms with Crippen LogP contribution in [-0.2, 0) is 0 Å². The van der Waals surface area contributed by atoms with Gasteiger partial charge in [0.2, 0.25) is 0 Å². The summed E-state index contributed by atoms with van der Waals surface area (Å²) in [5.41, 5.74) is 5.73. The number of nitrogens with zero attached hydrogens (tertiary/aromatic N) is 2. The van der Waals surface area contributed by atoms with Gasteiger partial charge in [0.15, 0.2) is 0 Å². The van der Waals surface area contributed by atoms with Gasteiger partial charge in [-0.15, -0.1) is 0 Å². The van der Waals surface area contributed by atoms with Gasteiger partial charge in [0.1, 0.15) is 11.5 Å². The Morgan fingerprint density at radius 2 is 2.41 bits per heavy atom. The molecule has 1 aliphatic heterocycles. The van der Waals surface area contributed by atoms with E-state index >= 15 is 0 Å². The van der Waals surface area contributed by atoms with Crippen LogP contribution in [0.25, 0.3) is 0 Å². The molecule has 1 saturated heterocycles. The van der Waals surface area contributed by atoms with Crippen molar-refractivity contribution >= 4 is 23.3 Å². The van der Waals surface area contributed by atoms with Gasteiger partial charge in [-0.1, -0.05) is 11.6 Å². The highest BCUT2D eigenvalue weighted by Crippen LogP contribution is 2.16. The van der Waals surface area contributed by atoms with E-state index in [0.29, 0.717) is 10.8 Å². The summed E-state index contributed by atoms with van der Waals surface area (Å²) >= 11 is 5.92. The zero-order chi connectivity index (χ0) is 12.4. The fourth-order valence-corrected chi connectivity index (χ4v) is 2.11. The van der Waals surface area contributed by atoms with Gasteiger partial charge in [0, 0.05) is 12.6 Å². The lowest BCUT2D eigenvalue weighted by Crippen LogP contribution is -2.37. The molecule has 1 aliphatic rings. The standard InChI is InChI=1S/C11H15ClN4O/c1-16-5-4-7(6-16)14-11(17)10-8(12)2-3-9(13)15-10/h2-3,7H,4-6H2,1H3,(H2,13,15)(H,14,17). The highest BCUT2D eigenvalue weighted by molar-refractivity contribution is 6.33. The van der Waals surface area contributed by atoms with E-state index in [9.17, 15) is 4.79 Å². The number of carbonyl (C=O) groups is 1. The van der Waals surface area contributed by atoms with E-state index in [1.165, 1.54) is 0 Å². The zero-order valence-electron chi connectivity index (χ0n) is 9.61. The molecule has 1 atom stereocenters. The highest BCUT2D eigenvalue weighted by Gasteiger charge is 2.23. The molecule has 17 heavy (non-hydrogen) atoms. The van der Waals surface area contributed by atoms with Crippen molar-refractivity contribution in [3.63, 3.8) is 0 Å². The van der Waals surface area contributed by atoms with Crippen LogP contribution in [0.5, 0.6) is 0 Å². The van der Waals surface area contributed by atoms with Gasteiger partial charge in [-0.2, -0.15) is 0 Å². The monoisotopic (exact) mass is 254 g/mol. The Bertz CT molecular complexity index is 437. The number of hydrogen-bond acceptors (Lipinski definition) is 4. The summed E-state index contributed by atoms with van der Waals surface area (Å²) in [7, 11) is 2.03. The van der Waals surface area contributed by atoms with Gasteiger partial charge < -0.3 is 16.0 Å². The summed E-state index contributed by atoms with van der Waals surface area (Å²) in [5.74, 6) is 0.0330. The first-order chi connectivity index (χ1) is 8.06. The Kier molecular flexibility index (Phi) is 3.49. The molecule has 1 amide bonds. The quantitative estimate of drug-likeness (QED) is 0.817. The maximum absolute atomic E-state index is 11.9. The van der Waals surface area contributed by atoms with Crippen LogP contribution in [0, 0.1) is 0 Å². The molecule has 0 aromatic carbocycles. The number of rotatable bonds is 2. The van der Waals surface area contributed by atoms with Gasteiger partial charge in [-0.25, -0.2) is 4.98 Å². The Labute approximate surface area is 105 Å². The van der Waals surface area contributed by atoms with Crippen molar-refractivity contribution < 1.29 is 4.79 Å². The van der Waals surface area contributed by atoms with Crippen molar-refractivity contribution in [1.82, 2.24) is 15.2 Å². The SMILES string of the molecule is CN1CCC(NC(=O)c2nc(N)ccc2Cl)C1. The summed E-state index contributed by atoms with van der Waals surface area (Å²) in [6.07, 6.45) is 0.947. The molecule has 1 fully saturated rings. The number of halogens is 1. The molecule has 0 aliphatic carbocycles. The van der Waals surface area contributed by atoms with E-state index in [4.69, 9.17) is 17.3 Å². The number of aromatic nitrogens is 1. The molecule has 2 rings (SSSR count). The number of hydrogen-bond donors (Lipinski definition) is 2. The summed E-state index contributed by atoms with van der Waals surface area (Å²) in [6, 6.07) is 3.31. The minimum atomic E-state index is -0.261. The van der Waals surface area contributed by atoms with E-state index in [1.807, 2.05) is 7.05 Å². The maximum Gasteiger partial charge on any atom is 0.271 e. The van der Waals surface area contributed by atoms with Crippen molar-refractivity contribution in [2.45, 2.75) is 12.5 Å². The molecule has 6 heteroatoms. The molecule has 1 unspecified atom stereocenters. The lowest BCUT2D eigenvalue weighted by Gasteiger charge is -2.13. The zero-order valence-corrected chi connectivity index (χ0v) is 10.4. The Morgan fingerprint density at radius 3 is 3.06 bits per heavy atom. The maximum atomic E-state index is 11.9. The van der Waals surface area contributed by atoms with E-state index in [2.05, 4.69) is 15.2 Å². The van der Waals surface area contributed by atoms with E-state index in [-0.39, 0.29) is 17.6 Å². The molecule has 0 radical (unpaired) electrons. The molecule has 0 spiro atoms. The molecule has 5 nitrogen and oxygen atoms in total. The van der Waals surface area contributed by atoms with Crippen molar-refractivity contribution in [3.05, 3.63) is 22.8 Å². The second-order valence-electron chi connectivity index (χ2n) is 4.29. The number of nitrogens with two attached hydrogens (primary N) is 1. The largest absolute Gasteiger partial charge is 0.384 e. The van der Waals surface area contributed by atoms with Crippen LogP contribution < -0.4 is 11.1 Å². The summed E-state index contributed by atoms with van der Waals surface area (Å²) in [4.78, 5) is 18.1. The third-order valence-electron chi connectivity index (χ3n) is 2.81. The van der Waals surface area contributed by atoms with Crippen LogP contribution >= 0.6 is 11.6 Å². The molecular formula is C11H15ClN4O. The van der Waals surface area contributed by atoms with Crippen LogP contribution in [-0.4, -0.2) is 42.0 Å². The first kappa shape index (κ1) is 12.1. The predicted octanol–water partition coefficient (Wildman–Crippen LogP) is 0.751. The summed E-state index contributed by atoms with van der Waals surface area (Å²) in [5, 5.41) is 3.23. The van der Waals surface area contributed by atoms with Crippen LogP contribution in [0.4, 0.5) is 5.82 Å². The number of nitrogens with one attached hydrogen (secondary N) is 1. The number of pyridine rings is 1. The molecule has 1 aromatic rings. The molecule has 1 aromatic heterocycles.